The monoisotopic (exact) mass is 286 g/mol. The number of halogens is 2. The molecular formula is C13H16F2N2O3. The van der Waals surface area contributed by atoms with Crippen LogP contribution in [0.3, 0.4) is 0 Å². The van der Waals surface area contributed by atoms with Crippen molar-refractivity contribution in [3.05, 3.63) is 29.8 Å². The number of hydrogen-bond acceptors (Lipinski definition) is 3. The zero-order valence-electron chi connectivity index (χ0n) is 11.0. The summed E-state index contributed by atoms with van der Waals surface area (Å²) in [7, 11) is 0. The summed E-state index contributed by atoms with van der Waals surface area (Å²) in [6.45, 7) is 1.69. The van der Waals surface area contributed by atoms with E-state index in [1.165, 1.54) is 11.0 Å². The molecule has 7 heteroatoms. The first-order chi connectivity index (χ1) is 9.43. The Morgan fingerprint density at radius 1 is 1.25 bits per heavy atom. The smallest absolute Gasteiger partial charge is 0.317 e. The molecule has 2 N–H and O–H groups in total. The number of anilines is 1. The Labute approximate surface area is 115 Å². The van der Waals surface area contributed by atoms with Crippen LogP contribution in [0.5, 0.6) is 0 Å². The fourth-order valence-electron chi connectivity index (χ4n) is 1.72. The van der Waals surface area contributed by atoms with E-state index in [9.17, 15) is 18.4 Å². The van der Waals surface area contributed by atoms with Crippen molar-refractivity contribution in [1.29, 1.82) is 0 Å². The molecule has 0 radical (unpaired) electrons. The lowest BCUT2D eigenvalue weighted by Crippen LogP contribution is -2.37. The number of para-hydroxylation sites is 1. The molecule has 0 saturated carbocycles. The number of carboxylic acids is 1. The van der Waals surface area contributed by atoms with Crippen LogP contribution < -0.4 is 5.32 Å². The van der Waals surface area contributed by atoms with Gasteiger partial charge in [0, 0.05) is 0 Å². The Morgan fingerprint density at radius 2 is 1.85 bits per heavy atom. The maximum absolute atomic E-state index is 13.3. The molecule has 0 fully saturated rings. The Hall–Kier alpha value is -2.02. The van der Waals surface area contributed by atoms with Gasteiger partial charge in [-0.2, -0.15) is 0 Å². The lowest BCUT2D eigenvalue weighted by Gasteiger charge is -2.18. The van der Waals surface area contributed by atoms with Crippen LogP contribution in [-0.2, 0) is 9.59 Å². The number of carbonyl (C=O) groups is 2. The van der Waals surface area contributed by atoms with Crippen LogP contribution in [0.25, 0.3) is 0 Å². The highest BCUT2D eigenvalue weighted by molar-refractivity contribution is 5.92. The van der Waals surface area contributed by atoms with Gasteiger partial charge in [0.25, 0.3) is 0 Å². The summed E-state index contributed by atoms with van der Waals surface area (Å²) >= 11 is 0. The maximum Gasteiger partial charge on any atom is 0.317 e. The molecule has 0 aliphatic heterocycles. The number of carbonyl (C=O) groups excluding carboxylic acids is 1. The summed E-state index contributed by atoms with van der Waals surface area (Å²) in [5.41, 5.74) is -0.524. The summed E-state index contributed by atoms with van der Waals surface area (Å²) < 4.78 is 26.7. The fraction of sp³-hybridized carbons (Fsp3) is 0.385. The van der Waals surface area contributed by atoms with Gasteiger partial charge in [-0.1, -0.05) is 13.0 Å². The molecule has 1 amide bonds. The molecular weight excluding hydrogens is 270 g/mol. The normalized spacial score (nSPS) is 10.6. The molecule has 1 aromatic rings. The van der Waals surface area contributed by atoms with Gasteiger partial charge >= 0.3 is 5.97 Å². The Morgan fingerprint density at radius 3 is 2.35 bits per heavy atom. The highest BCUT2D eigenvalue weighted by Crippen LogP contribution is 2.17. The van der Waals surface area contributed by atoms with Gasteiger partial charge in [-0.25, -0.2) is 8.78 Å². The van der Waals surface area contributed by atoms with Crippen LogP contribution in [0.2, 0.25) is 0 Å². The molecule has 20 heavy (non-hydrogen) atoms. The summed E-state index contributed by atoms with van der Waals surface area (Å²) in [5.74, 6) is -3.48. The van der Waals surface area contributed by atoms with E-state index in [-0.39, 0.29) is 13.1 Å². The number of nitrogens with zero attached hydrogens (tertiary/aromatic N) is 1. The lowest BCUT2D eigenvalue weighted by atomic mass is 10.3. The third-order valence-corrected chi connectivity index (χ3v) is 2.49. The highest BCUT2D eigenvalue weighted by atomic mass is 19.1. The summed E-state index contributed by atoms with van der Waals surface area (Å²) in [5, 5.41) is 10.8. The summed E-state index contributed by atoms with van der Waals surface area (Å²) in [6, 6.07) is 3.24. The molecule has 1 rings (SSSR count). The van der Waals surface area contributed by atoms with Crippen molar-refractivity contribution in [3.63, 3.8) is 0 Å². The quantitative estimate of drug-likeness (QED) is 0.800. The highest BCUT2D eigenvalue weighted by Gasteiger charge is 2.16. The minimum absolute atomic E-state index is 0.242. The van der Waals surface area contributed by atoms with Crippen molar-refractivity contribution in [2.45, 2.75) is 13.3 Å². The summed E-state index contributed by atoms with van der Waals surface area (Å²) in [6.07, 6.45) is 0.661. The van der Waals surface area contributed by atoms with Crippen molar-refractivity contribution in [2.75, 3.05) is 25.0 Å². The van der Waals surface area contributed by atoms with E-state index in [0.717, 1.165) is 12.1 Å². The molecule has 0 saturated heterocycles. The topological polar surface area (TPSA) is 69.6 Å². The number of nitrogens with one attached hydrogen (secondary N) is 1. The molecule has 0 atom stereocenters. The Balaban J connectivity index is 2.68. The van der Waals surface area contributed by atoms with Crippen molar-refractivity contribution < 1.29 is 23.5 Å². The van der Waals surface area contributed by atoms with Crippen LogP contribution in [0, 0.1) is 11.6 Å². The van der Waals surface area contributed by atoms with Crippen LogP contribution in [-0.4, -0.2) is 41.5 Å². The molecule has 0 unspecified atom stereocenters. The Bertz CT molecular complexity index is 474. The zero-order valence-corrected chi connectivity index (χ0v) is 11.0. The van der Waals surface area contributed by atoms with Gasteiger partial charge in [0.1, 0.15) is 17.3 Å². The van der Waals surface area contributed by atoms with Crippen molar-refractivity contribution in [3.8, 4) is 0 Å². The molecule has 0 heterocycles. The summed E-state index contributed by atoms with van der Waals surface area (Å²) in [4.78, 5) is 23.7. The second kappa shape index (κ2) is 7.54. The van der Waals surface area contributed by atoms with E-state index in [1.54, 1.807) is 0 Å². The lowest BCUT2D eigenvalue weighted by molar-refractivity contribution is -0.138. The van der Waals surface area contributed by atoms with Crippen LogP contribution in [0.1, 0.15) is 13.3 Å². The largest absolute Gasteiger partial charge is 0.480 e. The van der Waals surface area contributed by atoms with Gasteiger partial charge in [-0.15, -0.1) is 0 Å². The van der Waals surface area contributed by atoms with Crippen LogP contribution in [0.4, 0.5) is 14.5 Å². The van der Waals surface area contributed by atoms with Gasteiger partial charge in [0.2, 0.25) is 5.91 Å². The van der Waals surface area contributed by atoms with E-state index in [2.05, 4.69) is 5.32 Å². The number of benzene rings is 1. The average Bonchev–Trinajstić information content (AvgIpc) is 2.33. The Kier molecular flexibility index (Phi) is 6.05. The molecule has 0 spiro atoms. The first kappa shape index (κ1) is 16.0. The molecule has 110 valence electrons. The van der Waals surface area contributed by atoms with E-state index >= 15 is 0 Å². The predicted octanol–water partition coefficient (Wildman–Crippen LogP) is 1.70. The van der Waals surface area contributed by atoms with E-state index in [1.807, 2.05) is 6.92 Å². The maximum atomic E-state index is 13.3. The fourth-order valence-corrected chi connectivity index (χ4v) is 1.72. The van der Waals surface area contributed by atoms with Crippen LogP contribution in [0.15, 0.2) is 18.2 Å². The molecule has 0 aromatic heterocycles. The number of hydrogen-bond donors (Lipinski definition) is 2. The number of rotatable bonds is 7. The predicted molar refractivity (Wildman–Crippen MR) is 69.4 cm³/mol. The average molecular weight is 286 g/mol. The van der Waals surface area contributed by atoms with Gasteiger partial charge in [-0.3, -0.25) is 14.5 Å². The minimum Gasteiger partial charge on any atom is -0.480 e. The number of amides is 1. The molecule has 0 aliphatic carbocycles. The van der Waals surface area contributed by atoms with E-state index < -0.39 is 29.2 Å². The standard InChI is InChI=1S/C13H16F2N2O3/c1-2-6-17(8-12(19)20)7-11(18)16-13-9(14)4-3-5-10(13)15/h3-5H,2,6-8H2,1H3,(H,16,18)(H,19,20). The van der Waals surface area contributed by atoms with Crippen molar-refractivity contribution in [2.24, 2.45) is 0 Å². The van der Waals surface area contributed by atoms with Crippen LogP contribution >= 0.6 is 0 Å². The molecule has 0 aliphatic rings. The molecule has 5 nitrogen and oxygen atoms in total. The van der Waals surface area contributed by atoms with E-state index in [0.29, 0.717) is 13.0 Å². The third-order valence-electron chi connectivity index (χ3n) is 2.49. The minimum atomic E-state index is -1.07. The number of carboxylic acid groups (broad SMARTS) is 1. The number of aliphatic carboxylic acids is 1. The molecule has 1 aromatic carbocycles. The zero-order chi connectivity index (χ0) is 15.1. The third kappa shape index (κ3) is 4.93. The van der Waals surface area contributed by atoms with Gasteiger partial charge < -0.3 is 10.4 Å². The molecule has 0 bridgehead atoms. The SMILES string of the molecule is CCCN(CC(=O)O)CC(=O)Nc1c(F)cccc1F. The van der Waals surface area contributed by atoms with Gasteiger partial charge in [0.15, 0.2) is 0 Å². The second-order valence-electron chi connectivity index (χ2n) is 4.25. The van der Waals surface area contributed by atoms with Gasteiger partial charge in [0.05, 0.1) is 13.1 Å². The van der Waals surface area contributed by atoms with Crippen molar-refractivity contribution in [1.82, 2.24) is 4.90 Å². The first-order valence-corrected chi connectivity index (χ1v) is 6.12. The second-order valence-corrected chi connectivity index (χ2v) is 4.25. The van der Waals surface area contributed by atoms with E-state index in [4.69, 9.17) is 5.11 Å². The van der Waals surface area contributed by atoms with Gasteiger partial charge in [-0.05, 0) is 25.1 Å². The first-order valence-electron chi connectivity index (χ1n) is 6.12. The van der Waals surface area contributed by atoms with Crippen molar-refractivity contribution >= 4 is 17.6 Å².